The van der Waals surface area contributed by atoms with Gasteiger partial charge in [-0.3, -0.25) is 0 Å². The number of anilines is 1. The van der Waals surface area contributed by atoms with Crippen LogP contribution in [-0.4, -0.2) is 24.0 Å². The zero-order chi connectivity index (χ0) is 12.3. The monoisotopic (exact) mass is 229 g/mol. The van der Waals surface area contributed by atoms with E-state index in [-0.39, 0.29) is 6.03 Å². The Morgan fingerprint density at radius 2 is 2.12 bits per heavy atom. The van der Waals surface area contributed by atoms with Crippen molar-refractivity contribution in [2.45, 2.75) is 19.8 Å². The lowest BCUT2D eigenvalue weighted by Crippen LogP contribution is -2.32. The van der Waals surface area contributed by atoms with Gasteiger partial charge in [0.1, 0.15) is 6.07 Å². The average Bonchev–Trinajstić information content (AvgIpc) is 2.82. The predicted molar refractivity (Wildman–Crippen MR) is 65.7 cm³/mol. The molecule has 1 aromatic rings. The number of nitrogens with one attached hydrogen (secondary N) is 1. The first kappa shape index (κ1) is 11.5. The normalized spacial score (nSPS) is 14.5. The molecule has 1 fully saturated rings. The van der Waals surface area contributed by atoms with Gasteiger partial charge < -0.3 is 10.2 Å². The lowest BCUT2D eigenvalue weighted by Gasteiger charge is -2.17. The van der Waals surface area contributed by atoms with Crippen LogP contribution in [0.1, 0.15) is 24.0 Å². The van der Waals surface area contributed by atoms with Crippen molar-refractivity contribution in [3.8, 4) is 6.07 Å². The maximum Gasteiger partial charge on any atom is 0.321 e. The van der Waals surface area contributed by atoms with Crippen molar-refractivity contribution in [2.75, 3.05) is 18.4 Å². The van der Waals surface area contributed by atoms with Crippen LogP contribution >= 0.6 is 0 Å². The Balaban J connectivity index is 2.16. The van der Waals surface area contributed by atoms with E-state index in [1.807, 2.05) is 19.1 Å². The van der Waals surface area contributed by atoms with E-state index in [1.165, 1.54) is 0 Å². The molecule has 17 heavy (non-hydrogen) atoms. The molecule has 1 aliphatic rings. The molecule has 1 N–H and O–H groups in total. The van der Waals surface area contributed by atoms with Gasteiger partial charge in [-0.05, 0) is 31.4 Å². The van der Waals surface area contributed by atoms with Crippen LogP contribution in [0.4, 0.5) is 10.5 Å². The molecule has 2 amide bonds. The highest BCUT2D eigenvalue weighted by Gasteiger charge is 2.18. The predicted octanol–water partition coefficient (Wildman–Crippen LogP) is 2.49. The number of nitrogens with zero attached hydrogens (tertiary/aromatic N) is 2. The second-order valence-corrected chi connectivity index (χ2v) is 4.23. The molecule has 0 spiro atoms. The number of carbonyl (C=O) groups is 1. The standard InChI is InChI=1S/C13H15N3O/c1-10-5-4-6-12(11(10)9-14)15-13(17)16-7-2-3-8-16/h4-6H,2-3,7-8H2,1H3,(H,15,17). The lowest BCUT2D eigenvalue weighted by atomic mass is 10.1. The molecule has 1 aliphatic heterocycles. The molecule has 2 rings (SSSR count). The minimum absolute atomic E-state index is 0.107. The van der Waals surface area contributed by atoms with Gasteiger partial charge in [-0.1, -0.05) is 12.1 Å². The van der Waals surface area contributed by atoms with Gasteiger partial charge in [0.15, 0.2) is 0 Å². The van der Waals surface area contributed by atoms with Gasteiger partial charge in [0, 0.05) is 13.1 Å². The summed E-state index contributed by atoms with van der Waals surface area (Å²) in [6.45, 7) is 3.48. The summed E-state index contributed by atoms with van der Waals surface area (Å²) in [5.74, 6) is 0. The summed E-state index contributed by atoms with van der Waals surface area (Å²) >= 11 is 0. The van der Waals surface area contributed by atoms with Crippen LogP contribution in [0.3, 0.4) is 0 Å². The van der Waals surface area contributed by atoms with E-state index in [9.17, 15) is 4.79 Å². The van der Waals surface area contributed by atoms with Crippen LogP contribution in [0.25, 0.3) is 0 Å². The largest absolute Gasteiger partial charge is 0.325 e. The zero-order valence-corrected chi connectivity index (χ0v) is 9.86. The van der Waals surface area contributed by atoms with Gasteiger partial charge in [-0.15, -0.1) is 0 Å². The van der Waals surface area contributed by atoms with Gasteiger partial charge in [0.25, 0.3) is 0 Å². The van der Waals surface area contributed by atoms with Crippen LogP contribution < -0.4 is 5.32 Å². The minimum atomic E-state index is -0.107. The van der Waals surface area contributed by atoms with Gasteiger partial charge in [-0.25, -0.2) is 4.79 Å². The summed E-state index contributed by atoms with van der Waals surface area (Å²) in [6.07, 6.45) is 2.12. The van der Waals surface area contributed by atoms with Gasteiger partial charge in [-0.2, -0.15) is 5.26 Å². The van der Waals surface area contributed by atoms with E-state index in [0.29, 0.717) is 11.3 Å². The molecule has 0 aliphatic carbocycles. The Kier molecular flexibility index (Phi) is 3.29. The average molecular weight is 229 g/mol. The molecule has 0 unspecified atom stereocenters. The summed E-state index contributed by atoms with van der Waals surface area (Å²) in [5.41, 5.74) is 2.02. The lowest BCUT2D eigenvalue weighted by molar-refractivity contribution is 0.222. The number of hydrogen-bond acceptors (Lipinski definition) is 2. The Bertz CT molecular complexity index is 470. The smallest absolute Gasteiger partial charge is 0.321 e. The molecular weight excluding hydrogens is 214 g/mol. The Morgan fingerprint density at radius 3 is 2.76 bits per heavy atom. The first-order chi connectivity index (χ1) is 8.22. The number of aryl methyl sites for hydroxylation is 1. The fourth-order valence-corrected chi connectivity index (χ4v) is 2.03. The first-order valence-electron chi connectivity index (χ1n) is 5.78. The fraction of sp³-hybridized carbons (Fsp3) is 0.385. The van der Waals surface area contributed by atoms with E-state index in [2.05, 4.69) is 11.4 Å². The maximum absolute atomic E-state index is 11.9. The highest BCUT2D eigenvalue weighted by molar-refractivity contribution is 5.91. The molecule has 88 valence electrons. The van der Waals surface area contributed by atoms with Gasteiger partial charge in [0.05, 0.1) is 11.3 Å². The molecule has 0 saturated carbocycles. The van der Waals surface area contributed by atoms with E-state index in [0.717, 1.165) is 31.5 Å². The highest BCUT2D eigenvalue weighted by atomic mass is 16.2. The molecular formula is C13H15N3O. The summed E-state index contributed by atoms with van der Waals surface area (Å²) in [4.78, 5) is 13.7. The highest BCUT2D eigenvalue weighted by Crippen LogP contribution is 2.19. The third kappa shape index (κ3) is 2.39. The molecule has 0 radical (unpaired) electrons. The van der Waals surface area contributed by atoms with Crippen molar-refractivity contribution >= 4 is 11.7 Å². The summed E-state index contributed by atoms with van der Waals surface area (Å²) < 4.78 is 0. The van der Waals surface area contributed by atoms with Crippen molar-refractivity contribution < 1.29 is 4.79 Å². The molecule has 4 heteroatoms. The summed E-state index contributed by atoms with van der Waals surface area (Å²) in [7, 11) is 0. The van der Waals surface area contributed by atoms with E-state index in [1.54, 1.807) is 11.0 Å². The van der Waals surface area contributed by atoms with Crippen molar-refractivity contribution in [2.24, 2.45) is 0 Å². The van der Waals surface area contributed by atoms with Crippen molar-refractivity contribution in [1.29, 1.82) is 5.26 Å². The number of hydrogen-bond donors (Lipinski definition) is 1. The first-order valence-corrected chi connectivity index (χ1v) is 5.78. The fourth-order valence-electron chi connectivity index (χ4n) is 2.03. The minimum Gasteiger partial charge on any atom is -0.325 e. The molecule has 1 saturated heterocycles. The SMILES string of the molecule is Cc1cccc(NC(=O)N2CCCC2)c1C#N. The molecule has 0 aromatic heterocycles. The van der Waals surface area contributed by atoms with Crippen molar-refractivity contribution in [1.82, 2.24) is 4.90 Å². The van der Waals surface area contributed by atoms with Crippen LogP contribution in [0.15, 0.2) is 18.2 Å². The Labute approximate surface area is 101 Å². The molecule has 1 aromatic carbocycles. The number of urea groups is 1. The number of nitriles is 1. The second kappa shape index (κ2) is 4.88. The van der Waals surface area contributed by atoms with Crippen LogP contribution in [0.2, 0.25) is 0 Å². The quantitative estimate of drug-likeness (QED) is 0.804. The van der Waals surface area contributed by atoms with Crippen LogP contribution in [0, 0.1) is 18.3 Å². The van der Waals surface area contributed by atoms with Crippen LogP contribution in [-0.2, 0) is 0 Å². The van der Waals surface area contributed by atoms with Gasteiger partial charge >= 0.3 is 6.03 Å². The van der Waals surface area contributed by atoms with E-state index in [4.69, 9.17) is 5.26 Å². The molecule has 0 atom stereocenters. The number of carbonyl (C=O) groups excluding carboxylic acids is 1. The number of amides is 2. The number of benzene rings is 1. The third-order valence-electron chi connectivity index (χ3n) is 3.02. The third-order valence-corrected chi connectivity index (χ3v) is 3.02. The Morgan fingerprint density at radius 1 is 1.41 bits per heavy atom. The van der Waals surface area contributed by atoms with E-state index >= 15 is 0 Å². The summed E-state index contributed by atoms with van der Waals surface area (Å²) in [6, 6.07) is 7.49. The zero-order valence-electron chi connectivity index (χ0n) is 9.86. The number of rotatable bonds is 1. The van der Waals surface area contributed by atoms with Crippen molar-refractivity contribution in [3.05, 3.63) is 29.3 Å². The van der Waals surface area contributed by atoms with Crippen LogP contribution in [0.5, 0.6) is 0 Å². The molecule has 1 heterocycles. The second-order valence-electron chi connectivity index (χ2n) is 4.23. The van der Waals surface area contributed by atoms with Crippen molar-refractivity contribution in [3.63, 3.8) is 0 Å². The molecule has 0 bridgehead atoms. The molecule has 4 nitrogen and oxygen atoms in total. The number of likely N-dealkylation sites (tertiary alicyclic amines) is 1. The Hall–Kier alpha value is -2.02. The van der Waals surface area contributed by atoms with Gasteiger partial charge in [0.2, 0.25) is 0 Å². The topological polar surface area (TPSA) is 56.1 Å². The summed E-state index contributed by atoms with van der Waals surface area (Å²) in [5, 5.41) is 11.9. The maximum atomic E-state index is 11.9. The van der Waals surface area contributed by atoms with E-state index < -0.39 is 0 Å².